The smallest absolute Gasteiger partial charge is 0.135 e. The van der Waals surface area contributed by atoms with E-state index in [2.05, 4.69) is 20.3 Å². The number of hydrogen-bond acceptors (Lipinski definition) is 5. The second-order valence-corrected chi connectivity index (χ2v) is 5.03. The predicted molar refractivity (Wildman–Crippen MR) is 70.6 cm³/mol. The Labute approximate surface area is 109 Å². The third kappa shape index (κ3) is 3.38. The van der Waals surface area contributed by atoms with Gasteiger partial charge in [0.25, 0.3) is 0 Å². The van der Waals surface area contributed by atoms with Crippen molar-refractivity contribution >= 4 is 28.8 Å². The van der Waals surface area contributed by atoms with Crippen molar-refractivity contribution < 1.29 is 0 Å². The SMILES string of the molecule is CC(C)c1nc(Cl)cc(NCc2cscn2)n1. The van der Waals surface area contributed by atoms with E-state index in [-0.39, 0.29) is 5.92 Å². The van der Waals surface area contributed by atoms with Gasteiger partial charge in [-0.3, -0.25) is 0 Å². The summed E-state index contributed by atoms with van der Waals surface area (Å²) in [5.74, 6) is 1.74. The van der Waals surface area contributed by atoms with Crippen LogP contribution in [-0.4, -0.2) is 15.0 Å². The molecular weight excluding hydrogens is 256 g/mol. The molecule has 0 amide bonds. The molecule has 0 saturated heterocycles. The fourth-order valence-corrected chi connectivity index (χ4v) is 2.04. The molecule has 90 valence electrons. The molecule has 0 aliphatic heterocycles. The van der Waals surface area contributed by atoms with Gasteiger partial charge in [-0.15, -0.1) is 11.3 Å². The standard InChI is InChI=1S/C11H13ClN4S/c1-7(2)11-15-9(12)3-10(16-11)13-4-8-5-17-6-14-8/h3,5-7H,4H2,1-2H3,(H,13,15,16). The molecule has 0 aromatic carbocycles. The van der Waals surface area contributed by atoms with E-state index in [1.54, 1.807) is 17.4 Å². The quantitative estimate of drug-likeness (QED) is 0.865. The molecule has 0 aliphatic rings. The Kier molecular flexibility index (Phi) is 3.91. The highest BCUT2D eigenvalue weighted by Gasteiger charge is 2.07. The molecule has 0 radical (unpaired) electrons. The summed E-state index contributed by atoms with van der Waals surface area (Å²) in [6, 6.07) is 1.72. The van der Waals surface area contributed by atoms with Crippen LogP contribution in [0.2, 0.25) is 5.15 Å². The van der Waals surface area contributed by atoms with Crippen molar-refractivity contribution in [3.8, 4) is 0 Å². The molecule has 17 heavy (non-hydrogen) atoms. The summed E-state index contributed by atoms with van der Waals surface area (Å²) in [6.07, 6.45) is 0. The number of hydrogen-bond donors (Lipinski definition) is 1. The van der Waals surface area contributed by atoms with Crippen LogP contribution in [0.1, 0.15) is 31.3 Å². The molecule has 6 heteroatoms. The van der Waals surface area contributed by atoms with E-state index in [0.717, 1.165) is 17.3 Å². The first-order valence-electron chi connectivity index (χ1n) is 5.30. The van der Waals surface area contributed by atoms with Crippen LogP contribution in [0, 0.1) is 0 Å². The van der Waals surface area contributed by atoms with Crippen LogP contribution in [0.25, 0.3) is 0 Å². The van der Waals surface area contributed by atoms with Crippen molar-refractivity contribution in [2.45, 2.75) is 26.3 Å². The Morgan fingerprint density at radius 1 is 1.41 bits per heavy atom. The molecule has 2 heterocycles. The first-order valence-corrected chi connectivity index (χ1v) is 6.62. The zero-order chi connectivity index (χ0) is 12.3. The van der Waals surface area contributed by atoms with Gasteiger partial charge in [0, 0.05) is 17.4 Å². The number of anilines is 1. The van der Waals surface area contributed by atoms with E-state index in [0.29, 0.717) is 11.7 Å². The molecule has 2 aromatic rings. The Morgan fingerprint density at radius 3 is 2.88 bits per heavy atom. The topological polar surface area (TPSA) is 50.7 Å². The second-order valence-electron chi connectivity index (χ2n) is 3.92. The van der Waals surface area contributed by atoms with E-state index in [1.807, 2.05) is 24.7 Å². The molecule has 1 N–H and O–H groups in total. The van der Waals surface area contributed by atoms with Gasteiger partial charge in [0.15, 0.2) is 0 Å². The summed E-state index contributed by atoms with van der Waals surface area (Å²) in [6.45, 7) is 4.72. The lowest BCUT2D eigenvalue weighted by molar-refractivity contribution is 0.774. The van der Waals surface area contributed by atoms with Gasteiger partial charge in [0.2, 0.25) is 0 Å². The molecule has 4 nitrogen and oxygen atoms in total. The minimum atomic E-state index is 0.258. The monoisotopic (exact) mass is 268 g/mol. The first kappa shape index (κ1) is 12.3. The zero-order valence-corrected chi connectivity index (χ0v) is 11.2. The summed E-state index contributed by atoms with van der Waals surface area (Å²) < 4.78 is 0. The average molecular weight is 269 g/mol. The highest BCUT2D eigenvalue weighted by Crippen LogP contribution is 2.17. The summed E-state index contributed by atoms with van der Waals surface area (Å²) in [4.78, 5) is 12.8. The van der Waals surface area contributed by atoms with Crippen LogP contribution >= 0.6 is 22.9 Å². The van der Waals surface area contributed by atoms with Gasteiger partial charge in [-0.1, -0.05) is 25.4 Å². The Balaban J connectivity index is 2.10. The number of nitrogens with one attached hydrogen (secondary N) is 1. The maximum atomic E-state index is 5.95. The predicted octanol–water partition coefficient (Wildman–Crippen LogP) is 3.32. The van der Waals surface area contributed by atoms with Crippen LogP contribution in [-0.2, 0) is 6.54 Å². The molecule has 0 spiro atoms. The van der Waals surface area contributed by atoms with Gasteiger partial charge in [-0.25, -0.2) is 15.0 Å². The molecule has 0 unspecified atom stereocenters. The number of rotatable bonds is 4. The van der Waals surface area contributed by atoms with Gasteiger partial charge >= 0.3 is 0 Å². The number of nitrogens with zero attached hydrogens (tertiary/aromatic N) is 3. The molecule has 0 atom stereocenters. The molecule has 2 aromatic heterocycles. The zero-order valence-electron chi connectivity index (χ0n) is 9.64. The van der Waals surface area contributed by atoms with Crippen LogP contribution in [0.5, 0.6) is 0 Å². The third-order valence-corrected chi connectivity index (χ3v) is 2.99. The van der Waals surface area contributed by atoms with Crippen molar-refractivity contribution in [3.63, 3.8) is 0 Å². The summed E-state index contributed by atoms with van der Waals surface area (Å²) in [5, 5.41) is 5.65. The maximum absolute atomic E-state index is 5.95. The first-order chi connectivity index (χ1) is 8.15. The summed E-state index contributed by atoms with van der Waals surface area (Å²) >= 11 is 7.53. The molecule has 0 bridgehead atoms. The van der Waals surface area contributed by atoms with E-state index in [1.165, 1.54) is 0 Å². The van der Waals surface area contributed by atoms with Gasteiger partial charge < -0.3 is 5.32 Å². The fraction of sp³-hybridized carbons (Fsp3) is 0.364. The Morgan fingerprint density at radius 2 is 2.24 bits per heavy atom. The highest BCUT2D eigenvalue weighted by molar-refractivity contribution is 7.07. The van der Waals surface area contributed by atoms with E-state index in [4.69, 9.17) is 11.6 Å². The highest BCUT2D eigenvalue weighted by atomic mass is 35.5. The van der Waals surface area contributed by atoms with Gasteiger partial charge in [0.1, 0.15) is 16.8 Å². The van der Waals surface area contributed by atoms with Gasteiger partial charge in [0.05, 0.1) is 17.7 Å². The van der Waals surface area contributed by atoms with Gasteiger partial charge in [-0.2, -0.15) is 0 Å². The maximum Gasteiger partial charge on any atom is 0.135 e. The minimum absolute atomic E-state index is 0.258. The molecule has 0 saturated carbocycles. The van der Waals surface area contributed by atoms with Crippen LogP contribution < -0.4 is 5.32 Å². The molecule has 0 aliphatic carbocycles. The lowest BCUT2D eigenvalue weighted by Gasteiger charge is -2.08. The molecular formula is C11H13ClN4S. The van der Waals surface area contributed by atoms with Gasteiger partial charge in [-0.05, 0) is 0 Å². The van der Waals surface area contributed by atoms with Crippen molar-refractivity contribution in [2.24, 2.45) is 0 Å². The number of halogens is 1. The average Bonchev–Trinajstić information content (AvgIpc) is 2.78. The van der Waals surface area contributed by atoms with Crippen LogP contribution in [0.3, 0.4) is 0 Å². The largest absolute Gasteiger partial charge is 0.364 e. The lowest BCUT2D eigenvalue weighted by atomic mass is 10.2. The van der Waals surface area contributed by atoms with E-state index in [9.17, 15) is 0 Å². The lowest BCUT2D eigenvalue weighted by Crippen LogP contribution is -2.05. The Hall–Kier alpha value is -1.20. The normalized spacial score (nSPS) is 10.8. The van der Waals surface area contributed by atoms with Crippen molar-refractivity contribution in [1.82, 2.24) is 15.0 Å². The van der Waals surface area contributed by atoms with E-state index < -0.39 is 0 Å². The summed E-state index contributed by atoms with van der Waals surface area (Å²) in [7, 11) is 0. The molecule has 0 fully saturated rings. The minimum Gasteiger partial charge on any atom is -0.364 e. The second kappa shape index (κ2) is 5.42. The third-order valence-electron chi connectivity index (χ3n) is 2.16. The van der Waals surface area contributed by atoms with Crippen LogP contribution in [0.15, 0.2) is 17.0 Å². The fourth-order valence-electron chi connectivity index (χ4n) is 1.29. The van der Waals surface area contributed by atoms with E-state index >= 15 is 0 Å². The number of aromatic nitrogens is 3. The van der Waals surface area contributed by atoms with Crippen LogP contribution in [0.4, 0.5) is 5.82 Å². The van der Waals surface area contributed by atoms with Crippen molar-refractivity contribution in [3.05, 3.63) is 33.6 Å². The molecule has 2 rings (SSSR count). The summed E-state index contributed by atoms with van der Waals surface area (Å²) in [5.41, 5.74) is 2.81. The van der Waals surface area contributed by atoms with Crippen molar-refractivity contribution in [2.75, 3.05) is 5.32 Å². The Bertz CT molecular complexity index is 484. The van der Waals surface area contributed by atoms with Crippen molar-refractivity contribution in [1.29, 1.82) is 0 Å². The number of thiazole rings is 1.